The lowest BCUT2D eigenvalue weighted by Crippen LogP contribution is -2.32. The van der Waals surface area contributed by atoms with Crippen molar-refractivity contribution >= 4 is 40.6 Å². The number of hydrogen-bond acceptors (Lipinski definition) is 6. The predicted octanol–water partition coefficient (Wildman–Crippen LogP) is 6.74. The third kappa shape index (κ3) is 6.42. The Hall–Kier alpha value is -3.42. The molecule has 1 aliphatic heterocycles. The van der Waals surface area contributed by atoms with Crippen LogP contribution >= 0.6 is 23.4 Å². The second-order valence-corrected chi connectivity index (χ2v) is 9.42. The van der Waals surface area contributed by atoms with Crippen LogP contribution in [0.5, 0.6) is 17.2 Å². The number of nitrogens with zero attached hydrogens (tertiary/aromatic N) is 1. The molecule has 8 heteroatoms. The van der Waals surface area contributed by atoms with Crippen molar-refractivity contribution in [1.82, 2.24) is 4.90 Å². The molecule has 1 fully saturated rings. The van der Waals surface area contributed by atoms with E-state index in [-0.39, 0.29) is 24.3 Å². The van der Waals surface area contributed by atoms with Gasteiger partial charge in [-0.25, -0.2) is 0 Å². The fourth-order valence-electron chi connectivity index (χ4n) is 3.58. The number of benzene rings is 3. The number of aryl methyl sites for hydroxylation is 1. The molecule has 0 spiro atoms. The van der Waals surface area contributed by atoms with Crippen LogP contribution in [0.25, 0.3) is 6.08 Å². The molecule has 4 rings (SSSR count). The average molecular weight is 524 g/mol. The van der Waals surface area contributed by atoms with Gasteiger partial charge in [0.05, 0.1) is 18.1 Å². The number of carbonyl (C=O) groups is 2. The van der Waals surface area contributed by atoms with Gasteiger partial charge in [-0.1, -0.05) is 48.0 Å². The van der Waals surface area contributed by atoms with Crippen LogP contribution in [0, 0.1) is 6.92 Å². The highest BCUT2D eigenvalue weighted by atomic mass is 35.5. The number of rotatable bonds is 10. The second kappa shape index (κ2) is 12.0. The molecule has 0 saturated carbocycles. The molecule has 3 aromatic rings. The topological polar surface area (TPSA) is 65.1 Å². The Morgan fingerprint density at radius 3 is 2.56 bits per heavy atom. The van der Waals surface area contributed by atoms with Crippen molar-refractivity contribution in [2.45, 2.75) is 20.5 Å². The van der Waals surface area contributed by atoms with Crippen molar-refractivity contribution in [2.75, 3.05) is 19.8 Å². The summed E-state index contributed by atoms with van der Waals surface area (Å²) in [7, 11) is 0. The Kier molecular flexibility index (Phi) is 8.57. The summed E-state index contributed by atoms with van der Waals surface area (Å²) >= 11 is 7.14. The number of ether oxygens (including phenoxy) is 3. The van der Waals surface area contributed by atoms with Crippen LogP contribution in [0.3, 0.4) is 0 Å². The molecule has 0 atom stereocenters. The van der Waals surface area contributed by atoms with E-state index >= 15 is 0 Å². The monoisotopic (exact) mass is 523 g/mol. The third-order valence-corrected chi connectivity index (χ3v) is 6.63. The second-order valence-electron chi connectivity index (χ2n) is 8.02. The molecule has 0 aliphatic carbocycles. The van der Waals surface area contributed by atoms with Crippen LogP contribution in [0.2, 0.25) is 5.02 Å². The summed E-state index contributed by atoms with van der Waals surface area (Å²) in [5.41, 5.74) is 2.67. The van der Waals surface area contributed by atoms with Gasteiger partial charge in [-0.15, -0.1) is 0 Å². The molecule has 0 radical (unpaired) electrons. The van der Waals surface area contributed by atoms with Crippen molar-refractivity contribution in [3.05, 3.63) is 93.3 Å². The predicted molar refractivity (Wildman–Crippen MR) is 143 cm³/mol. The third-order valence-electron chi connectivity index (χ3n) is 5.35. The number of halogens is 1. The fourth-order valence-corrected chi connectivity index (χ4v) is 4.63. The Morgan fingerprint density at radius 1 is 0.944 bits per heavy atom. The fraction of sp³-hybridized carbons (Fsp3) is 0.214. The van der Waals surface area contributed by atoms with E-state index < -0.39 is 0 Å². The van der Waals surface area contributed by atoms with Gasteiger partial charge in [-0.2, -0.15) is 0 Å². The van der Waals surface area contributed by atoms with Crippen LogP contribution < -0.4 is 14.2 Å². The minimum atomic E-state index is -0.338. The number of thioether (sulfide) groups is 1. The van der Waals surface area contributed by atoms with Gasteiger partial charge in [-0.3, -0.25) is 14.5 Å². The molecular formula is C28H26ClNO5S. The molecule has 2 amide bonds. The minimum absolute atomic E-state index is 0.176. The summed E-state index contributed by atoms with van der Waals surface area (Å²) in [6.45, 7) is 5.00. The van der Waals surface area contributed by atoms with Crippen molar-refractivity contribution in [1.29, 1.82) is 0 Å². The molecular weight excluding hydrogens is 498 g/mol. The first-order valence-corrected chi connectivity index (χ1v) is 12.7. The van der Waals surface area contributed by atoms with Gasteiger partial charge < -0.3 is 14.2 Å². The van der Waals surface area contributed by atoms with E-state index in [1.54, 1.807) is 18.2 Å². The van der Waals surface area contributed by atoms with Crippen molar-refractivity contribution < 1.29 is 23.8 Å². The normalized spacial score (nSPS) is 14.4. The Morgan fingerprint density at radius 2 is 1.78 bits per heavy atom. The molecule has 0 N–H and O–H groups in total. The molecule has 1 heterocycles. The van der Waals surface area contributed by atoms with Crippen molar-refractivity contribution in [3.63, 3.8) is 0 Å². The van der Waals surface area contributed by atoms with E-state index in [1.807, 2.05) is 68.4 Å². The average Bonchev–Trinajstić information content (AvgIpc) is 3.12. The first-order chi connectivity index (χ1) is 17.4. The van der Waals surface area contributed by atoms with Crippen LogP contribution in [-0.4, -0.2) is 35.8 Å². The van der Waals surface area contributed by atoms with Gasteiger partial charge in [-0.05, 0) is 73.1 Å². The largest absolute Gasteiger partial charge is 0.492 e. The summed E-state index contributed by atoms with van der Waals surface area (Å²) < 4.78 is 17.4. The van der Waals surface area contributed by atoms with Gasteiger partial charge in [0.1, 0.15) is 19.0 Å². The van der Waals surface area contributed by atoms with E-state index in [9.17, 15) is 9.59 Å². The molecule has 186 valence electrons. The SMILES string of the molecule is CCOc1cc(/C=C2\SC(=O)N(CCOc3cccc(C)c3)C2=O)ccc1OCc1ccccc1Cl. The van der Waals surface area contributed by atoms with Gasteiger partial charge in [0, 0.05) is 10.6 Å². The summed E-state index contributed by atoms with van der Waals surface area (Å²) in [4.78, 5) is 26.9. The highest BCUT2D eigenvalue weighted by Crippen LogP contribution is 2.35. The number of amides is 2. The van der Waals surface area contributed by atoms with Gasteiger partial charge >= 0.3 is 0 Å². The maximum absolute atomic E-state index is 12.9. The summed E-state index contributed by atoms with van der Waals surface area (Å²) in [6.07, 6.45) is 1.69. The lowest BCUT2D eigenvalue weighted by atomic mass is 10.1. The van der Waals surface area contributed by atoms with Crippen LogP contribution in [0.15, 0.2) is 71.6 Å². The maximum Gasteiger partial charge on any atom is 0.293 e. The first-order valence-electron chi connectivity index (χ1n) is 11.5. The highest BCUT2D eigenvalue weighted by Gasteiger charge is 2.34. The zero-order valence-corrected chi connectivity index (χ0v) is 21.6. The maximum atomic E-state index is 12.9. The van der Waals surface area contributed by atoms with Crippen LogP contribution in [0.4, 0.5) is 4.79 Å². The zero-order chi connectivity index (χ0) is 25.5. The van der Waals surface area contributed by atoms with Gasteiger partial charge in [0.2, 0.25) is 0 Å². The summed E-state index contributed by atoms with van der Waals surface area (Å²) in [6, 6.07) is 20.5. The van der Waals surface area contributed by atoms with Crippen LogP contribution in [-0.2, 0) is 11.4 Å². The Labute approximate surface area is 219 Å². The smallest absolute Gasteiger partial charge is 0.293 e. The van der Waals surface area contributed by atoms with E-state index in [2.05, 4.69) is 0 Å². The molecule has 0 unspecified atom stereocenters. The molecule has 36 heavy (non-hydrogen) atoms. The van der Waals surface area contributed by atoms with Crippen molar-refractivity contribution in [3.8, 4) is 17.2 Å². The molecule has 3 aromatic carbocycles. The van der Waals surface area contributed by atoms with E-state index in [0.29, 0.717) is 40.4 Å². The standard InChI is InChI=1S/C28H26ClNO5S/c1-3-33-25-16-20(11-12-24(25)35-18-21-8-4-5-10-23(21)29)17-26-27(31)30(28(32)36-26)13-14-34-22-9-6-7-19(2)15-22/h4-12,15-17H,3,13-14,18H2,1-2H3/b26-17-. The molecule has 0 bridgehead atoms. The zero-order valence-electron chi connectivity index (χ0n) is 20.0. The Balaban J connectivity index is 1.42. The quantitative estimate of drug-likeness (QED) is 0.274. The van der Waals surface area contributed by atoms with E-state index in [4.69, 9.17) is 25.8 Å². The van der Waals surface area contributed by atoms with Crippen LogP contribution in [0.1, 0.15) is 23.6 Å². The number of carbonyl (C=O) groups excluding carboxylic acids is 2. The first kappa shape index (κ1) is 25.7. The molecule has 6 nitrogen and oxygen atoms in total. The van der Waals surface area contributed by atoms with Crippen molar-refractivity contribution in [2.24, 2.45) is 0 Å². The molecule has 1 aliphatic rings. The van der Waals surface area contributed by atoms with E-state index in [0.717, 1.165) is 28.5 Å². The van der Waals surface area contributed by atoms with E-state index in [1.165, 1.54) is 4.90 Å². The highest BCUT2D eigenvalue weighted by molar-refractivity contribution is 8.18. The summed E-state index contributed by atoms with van der Waals surface area (Å²) in [5, 5.41) is 0.316. The Bertz CT molecular complexity index is 1290. The number of hydrogen-bond donors (Lipinski definition) is 0. The summed E-state index contributed by atoms with van der Waals surface area (Å²) in [5.74, 6) is 1.48. The molecule has 1 saturated heterocycles. The lowest BCUT2D eigenvalue weighted by Gasteiger charge is -2.14. The van der Waals surface area contributed by atoms with Gasteiger partial charge in [0.15, 0.2) is 11.5 Å². The minimum Gasteiger partial charge on any atom is -0.492 e. The molecule has 0 aromatic heterocycles. The van der Waals surface area contributed by atoms with Gasteiger partial charge in [0.25, 0.3) is 11.1 Å². The lowest BCUT2D eigenvalue weighted by molar-refractivity contribution is -0.123. The number of imide groups is 1.